The molecule has 2 aliphatic carbocycles. The summed E-state index contributed by atoms with van der Waals surface area (Å²) in [5.41, 5.74) is 1.16. The highest BCUT2D eigenvalue weighted by atomic mass is 35.5. The van der Waals surface area contributed by atoms with Gasteiger partial charge in [-0.15, -0.1) is 10.2 Å². The molecule has 1 N–H and O–H groups in total. The third kappa shape index (κ3) is 6.55. The molecule has 4 heterocycles. The van der Waals surface area contributed by atoms with Crippen LogP contribution >= 0.6 is 23.2 Å². The van der Waals surface area contributed by atoms with Gasteiger partial charge >= 0.3 is 6.09 Å². The van der Waals surface area contributed by atoms with Crippen molar-refractivity contribution in [2.45, 2.75) is 89.8 Å². The lowest BCUT2D eigenvalue weighted by atomic mass is 10.2. The summed E-state index contributed by atoms with van der Waals surface area (Å²) in [5.74, 6) is 1.35. The van der Waals surface area contributed by atoms with Crippen LogP contribution in [-0.2, 0) is 4.74 Å². The molecule has 6 rings (SSSR count). The van der Waals surface area contributed by atoms with Crippen LogP contribution in [0, 0.1) is 0 Å². The van der Waals surface area contributed by atoms with E-state index in [1.54, 1.807) is 20.1 Å². The molecule has 0 atom stereocenters. The standard InChI is InChI=1S/C16H21ClN4O2.C11H13ClN4/c1-16(2,3)23-15(22)21(11-7-4-5-8-11)13-12-9-6-10-20(12)19-14(17)18-13;12-11-14-10(13-8-4-1-2-5-8)9-6-3-7-16(9)15-11/h6,9-11H,4-5,7-8H2,1-3H3;3,6-8H,1-2,4-5H2,(H,13,14,15). The molecule has 0 saturated heterocycles. The largest absolute Gasteiger partial charge is 0.443 e. The molecule has 39 heavy (non-hydrogen) atoms. The van der Waals surface area contributed by atoms with E-state index >= 15 is 0 Å². The number of hydrogen-bond acceptors (Lipinski definition) is 7. The smallest absolute Gasteiger partial charge is 0.416 e. The fraction of sp³-hybridized carbons (Fsp3) is 0.519. The zero-order valence-corrected chi connectivity index (χ0v) is 24.0. The Hall–Kier alpha value is -3.11. The number of nitrogens with one attached hydrogen (secondary N) is 1. The first-order chi connectivity index (χ1) is 18.7. The lowest BCUT2D eigenvalue weighted by molar-refractivity contribution is 0.0565. The second kappa shape index (κ2) is 11.6. The molecular formula is C27H34Cl2N8O2. The van der Waals surface area contributed by atoms with E-state index in [0.717, 1.165) is 42.5 Å². The van der Waals surface area contributed by atoms with Gasteiger partial charge in [0.1, 0.15) is 16.6 Å². The number of rotatable bonds is 4. The molecule has 12 heteroatoms. The number of anilines is 2. The Balaban J connectivity index is 0.000000168. The minimum Gasteiger partial charge on any atom is -0.443 e. The van der Waals surface area contributed by atoms with Gasteiger partial charge in [0, 0.05) is 24.5 Å². The number of fused-ring (bicyclic) bond motifs is 2. The summed E-state index contributed by atoms with van der Waals surface area (Å²) in [5, 5.41) is 12.1. The average molecular weight is 574 g/mol. The Morgan fingerprint density at radius 1 is 0.923 bits per heavy atom. The lowest BCUT2D eigenvalue weighted by Gasteiger charge is -2.31. The topological polar surface area (TPSA) is 102 Å². The molecule has 4 aromatic rings. The predicted octanol–water partition coefficient (Wildman–Crippen LogP) is 6.80. The first kappa shape index (κ1) is 27.5. The van der Waals surface area contributed by atoms with E-state index in [1.807, 2.05) is 51.2 Å². The fourth-order valence-corrected chi connectivity index (χ4v) is 5.56. The molecule has 0 radical (unpaired) electrons. The van der Waals surface area contributed by atoms with Crippen LogP contribution in [-0.4, -0.2) is 53.0 Å². The van der Waals surface area contributed by atoms with Crippen LogP contribution in [0.4, 0.5) is 16.4 Å². The van der Waals surface area contributed by atoms with Crippen molar-refractivity contribution in [1.29, 1.82) is 0 Å². The SMILES string of the molecule is CC(C)(C)OC(=O)N(c1nc(Cl)nn2cccc12)C1CCCC1.Clc1nc(NC2CCCC2)c2cccn2n1. The van der Waals surface area contributed by atoms with E-state index in [1.165, 1.54) is 25.7 Å². The number of nitrogens with zero attached hydrogens (tertiary/aromatic N) is 7. The summed E-state index contributed by atoms with van der Waals surface area (Å²) in [6.07, 6.45) is 12.4. The van der Waals surface area contributed by atoms with Crippen LogP contribution in [0.15, 0.2) is 36.7 Å². The first-order valence-corrected chi connectivity index (χ1v) is 14.2. The Kier molecular flexibility index (Phi) is 8.13. The summed E-state index contributed by atoms with van der Waals surface area (Å²) in [6, 6.07) is 8.27. The Labute approximate surface area is 237 Å². The summed E-state index contributed by atoms with van der Waals surface area (Å²) >= 11 is 11.9. The highest BCUT2D eigenvalue weighted by Crippen LogP contribution is 2.32. The Morgan fingerprint density at radius 3 is 2.13 bits per heavy atom. The zero-order chi connectivity index (χ0) is 27.6. The lowest BCUT2D eigenvalue weighted by Crippen LogP contribution is -2.43. The number of amides is 1. The molecule has 2 saturated carbocycles. The van der Waals surface area contributed by atoms with Crippen LogP contribution in [0.1, 0.15) is 72.1 Å². The van der Waals surface area contributed by atoms with Crippen molar-refractivity contribution in [3.8, 4) is 0 Å². The normalized spacial score (nSPS) is 16.4. The molecule has 4 aromatic heterocycles. The van der Waals surface area contributed by atoms with Crippen LogP contribution in [0.25, 0.3) is 11.0 Å². The molecular weight excluding hydrogens is 539 g/mol. The summed E-state index contributed by atoms with van der Waals surface area (Å²) in [7, 11) is 0. The molecule has 2 aliphatic rings. The second-order valence-corrected chi connectivity index (χ2v) is 11.7. The molecule has 0 aliphatic heterocycles. The van der Waals surface area contributed by atoms with Crippen molar-refractivity contribution >= 4 is 52.0 Å². The van der Waals surface area contributed by atoms with E-state index in [4.69, 9.17) is 27.9 Å². The number of halogens is 2. The third-order valence-electron chi connectivity index (χ3n) is 6.92. The predicted molar refractivity (Wildman–Crippen MR) is 153 cm³/mol. The quantitative estimate of drug-likeness (QED) is 0.286. The second-order valence-electron chi connectivity index (χ2n) is 11.0. The number of aromatic nitrogens is 6. The van der Waals surface area contributed by atoms with Crippen LogP contribution in [0.2, 0.25) is 10.6 Å². The van der Waals surface area contributed by atoms with Gasteiger partial charge in [-0.05, 0) is 93.9 Å². The maximum atomic E-state index is 12.8. The van der Waals surface area contributed by atoms with Gasteiger partial charge in [-0.25, -0.2) is 13.8 Å². The van der Waals surface area contributed by atoms with E-state index in [9.17, 15) is 4.79 Å². The van der Waals surface area contributed by atoms with Crippen molar-refractivity contribution in [2.75, 3.05) is 10.2 Å². The molecule has 1 amide bonds. The Morgan fingerprint density at radius 2 is 1.49 bits per heavy atom. The molecule has 208 valence electrons. The molecule has 0 unspecified atom stereocenters. The van der Waals surface area contributed by atoms with Gasteiger partial charge in [-0.2, -0.15) is 9.97 Å². The van der Waals surface area contributed by atoms with Gasteiger partial charge in [0.25, 0.3) is 0 Å². The zero-order valence-electron chi connectivity index (χ0n) is 22.5. The van der Waals surface area contributed by atoms with Gasteiger partial charge in [0.15, 0.2) is 11.6 Å². The van der Waals surface area contributed by atoms with Crippen molar-refractivity contribution in [3.05, 3.63) is 47.2 Å². The monoisotopic (exact) mass is 572 g/mol. The number of hydrogen-bond donors (Lipinski definition) is 1. The van der Waals surface area contributed by atoms with Crippen LogP contribution in [0.3, 0.4) is 0 Å². The van der Waals surface area contributed by atoms with Crippen molar-refractivity contribution in [2.24, 2.45) is 0 Å². The van der Waals surface area contributed by atoms with E-state index in [2.05, 4.69) is 25.5 Å². The van der Waals surface area contributed by atoms with Crippen molar-refractivity contribution < 1.29 is 9.53 Å². The maximum absolute atomic E-state index is 12.8. The average Bonchev–Trinajstić information content (AvgIpc) is 3.66. The summed E-state index contributed by atoms with van der Waals surface area (Å²) < 4.78 is 9.00. The highest BCUT2D eigenvalue weighted by molar-refractivity contribution is 6.28. The fourth-order valence-electron chi connectivity index (χ4n) is 5.23. The number of carbonyl (C=O) groups is 1. The van der Waals surface area contributed by atoms with E-state index < -0.39 is 5.60 Å². The van der Waals surface area contributed by atoms with Gasteiger partial charge in [-0.1, -0.05) is 25.7 Å². The third-order valence-corrected chi connectivity index (χ3v) is 7.24. The number of ether oxygens (including phenoxy) is 1. The van der Waals surface area contributed by atoms with E-state index in [0.29, 0.717) is 11.9 Å². The van der Waals surface area contributed by atoms with Gasteiger partial charge in [0.2, 0.25) is 10.6 Å². The molecule has 2 fully saturated rings. The van der Waals surface area contributed by atoms with Gasteiger partial charge < -0.3 is 10.1 Å². The Bertz CT molecular complexity index is 1430. The summed E-state index contributed by atoms with van der Waals surface area (Å²) in [4.78, 5) is 23.1. The molecule has 10 nitrogen and oxygen atoms in total. The minimum absolute atomic E-state index is 0.0783. The van der Waals surface area contributed by atoms with Gasteiger partial charge in [0.05, 0.1) is 0 Å². The molecule has 0 spiro atoms. The van der Waals surface area contributed by atoms with Crippen molar-refractivity contribution in [1.82, 2.24) is 29.2 Å². The van der Waals surface area contributed by atoms with Crippen LogP contribution in [0.5, 0.6) is 0 Å². The summed E-state index contributed by atoms with van der Waals surface area (Å²) in [6.45, 7) is 5.58. The minimum atomic E-state index is -0.566. The molecule has 0 aromatic carbocycles. The van der Waals surface area contributed by atoms with Crippen molar-refractivity contribution in [3.63, 3.8) is 0 Å². The van der Waals surface area contributed by atoms with Crippen LogP contribution < -0.4 is 10.2 Å². The maximum Gasteiger partial charge on any atom is 0.416 e. The first-order valence-electron chi connectivity index (χ1n) is 13.5. The number of carbonyl (C=O) groups excluding carboxylic acids is 1. The van der Waals surface area contributed by atoms with E-state index in [-0.39, 0.29) is 22.7 Å². The molecule has 0 bridgehead atoms. The highest BCUT2D eigenvalue weighted by Gasteiger charge is 2.34. The van der Waals surface area contributed by atoms with Gasteiger partial charge in [-0.3, -0.25) is 4.90 Å².